The third-order valence-electron chi connectivity index (χ3n) is 3.57. The number of benzene rings is 1. The Balaban J connectivity index is 2.21. The Kier molecular flexibility index (Phi) is 6.29. The lowest BCUT2D eigenvalue weighted by atomic mass is 10.2. The molecule has 9 heteroatoms. The predicted octanol–water partition coefficient (Wildman–Crippen LogP) is 2.49. The van der Waals surface area contributed by atoms with Gasteiger partial charge in [-0.2, -0.15) is 0 Å². The summed E-state index contributed by atoms with van der Waals surface area (Å²) in [5.74, 6) is 0. The molecule has 0 saturated carbocycles. The monoisotopic (exact) mass is 403 g/mol. The molecule has 0 N–H and O–H groups in total. The highest BCUT2D eigenvalue weighted by molar-refractivity contribution is 7.89. The number of hydrogen-bond donors (Lipinski definition) is 0. The van der Waals surface area contributed by atoms with Crippen LogP contribution in [0, 0.1) is 0 Å². The van der Waals surface area contributed by atoms with E-state index in [1.807, 2.05) is 18.0 Å². The zero-order valence-electron chi connectivity index (χ0n) is 14.1. The molecule has 2 aromatic rings. The number of sulfonamides is 1. The van der Waals surface area contributed by atoms with Crippen molar-refractivity contribution >= 4 is 33.2 Å². The van der Waals surface area contributed by atoms with Gasteiger partial charge in [0.05, 0.1) is 21.6 Å². The summed E-state index contributed by atoms with van der Waals surface area (Å²) in [6.07, 6.45) is 1.35. The Labute approximate surface area is 157 Å². The van der Waals surface area contributed by atoms with E-state index in [4.69, 9.17) is 23.2 Å². The first kappa shape index (κ1) is 19.9. The number of rotatable bonds is 6. The molecule has 0 fully saturated rings. The van der Waals surface area contributed by atoms with Crippen molar-refractivity contribution in [1.82, 2.24) is 13.8 Å². The van der Waals surface area contributed by atoms with Gasteiger partial charge in [0.25, 0.3) is 5.56 Å². The molecule has 0 saturated heterocycles. The lowest BCUT2D eigenvalue weighted by Crippen LogP contribution is -2.30. The molecule has 1 aromatic carbocycles. The lowest BCUT2D eigenvalue weighted by Gasteiger charge is -2.19. The molecular formula is C16H19Cl2N3O3S. The van der Waals surface area contributed by atoms with Gasteiger partial charge in [0.1, 0.15) is 0 Å². The third-order valence-corrected chi connectivity index (χ3v) is 6.10. The Morgan fingerprint density at radius 2 is 1.72 bits per heavy atom. The van der Waals surface area contributed by atoms with Gasteiger partial charge < -0.3 is 4.57 Å². The number of pyridine rings is 1. The SMILES string of the molecule is CN(Cc1ccc(Cl)c(Cl)c1)Cn1cc(S(=O)(=O)N(C)C)ccc1=O. The van der Waals surface area contributed by atoms with Gasteiger partial charge in [-0.1, -0.05) is 29.3 Å². The molecule has 0 aliphatic heterocycles. The van der Waals surface area contributed by atoms with E-state index in [0.717, 1.165) is 9.87 Å². The summed E-state index contributed by atoms with van der Waals surface area (Å²) < 4.78 is 26.9. The first-order valence-corrected chi connectivity index (χ1v) is 9.56. The summed E-state index contributed by atoms with van der Waals surface area (Å²) in [5, 5.41) is 0.940. The van der Waals surface area contributed by atoms with E-state index in [1.54, 1.807) is 12.1 Å². The van der Waals surface area contributed by atoms with Gasteiger partial charge >= 0.3 is 0 Å². The third kappa shape index (κ3) is 4.83. The highest BCUT2D eigenvalue weighted by Gasteiger charge is 2.18. The quantitative estimate of drug-likeness (QED) is 0.742. The summed E-state index contributed by atoms with van der Waals surface area (Å²) in [5.41, 5.74) is 0.653. The number of aromatic nitrogens is 1. The molecule has 0 spiro atoms. The molecule has 0 unspecified atom stereocenters. The maximum Gasteiger partial charge on any atom is 0.251 e. The smallest absolute Gasteiger partial charge is 0.251 e. The van der Waals surface area contributed by atoms with Gasteiger partial charge in [0.15, 0.2) is 0 Å². The van der Waals surface area contributed by atoms with Crippen LogP contribution in [0.1, 0.15) is 5.56 Å². The van der Waals surface area contributed by atoms with Crippen LogP contribution in [-0.2, 0) is 23.2 Å². The van der Waals surface area contributed by atoms with E-state index < -0.39 is 10.0 Å². The van der Waals surface area contributed by atoms with Crippen LogP contribution >= 0.6 is 23.2 Å². The Morgan fingerprint density at radius 3 is 2.32 bits per heavy atom. The minimum atomic E-state index is -3.60. The molecule has 1 heterocycles. The first-order valence-electron chi connectivity index (χ1n) is 7.37. The van der Waals surface area contributed by atoms with Gasteiger partial charge in [-0.3, -0.25) is 9.69 Å². The van der Waals surface area contributed by atoms with Crippen LogP contribution in [-0.4, -0.2) is 43.3 Å². The molecular weight excluding hydrogens is 385 g/mol. The van der Waals surface area contributed by atoms with Crippen LogP contribution < -0.4 is 5.56 Å². The minimum absolute atomic E-state index is 0.0695. The number of halogens is 2. The normalized spacial score (nSPS) is 12.1. The van der Waals surface area contributed by atoms with E-state index in [-0.39, 0.29) is 17.1 Å². The van der Waals surface area contributed by atoms with Gasteiger partial charge in [-0.25, -0.2) is 12.7 Å². The summed E-state index contributed by atoms with van der Waals surface area (Å²) in [6.45, 7) is 0.754. The van der Waals surface area contributed by atoms with Crippen LogP contribution in [0.5, 0.6) is 0 Å². The average molecular weight is 404 g/mol. The minimum Gasteiger partial charge on any atom is -0.301 e. The highest BCUT2D eigenvalue weighted by atomic mass is 35.5. The highest BCUT2D eigenvalue weighted by Crippen LogP contribution is 2.23. The second-order valence-corrected chi connectivity index (χ2v) is 8.83. The van der Waals surface area contributed by atoms with Gasteiger partial charge in [-0.15, -0.1) is 0 Å². The van der Waals surface area contributed by atoms with Crippen LogP contribution in [0.3, 0.4) is 0 Å². The Bertz CT molecular complexity index is 926. The maximum atomic E-state index is 12.2. The Hall–Kier alpha value is -1.38. The zero-order chi connectivity index (χ0) is 18.8. The van der Waals surface area contributed by atoms with Crippen LogP contribution in [0.2, 0.25) is 10.0 Å². The second-order valence-electron chi connectivity index (χ2n) is 5.86. The van der Waals surface area contributed by atoms with E-state index >= 15 is 0 Å². The molecule has 0 bridgehead atoms. The average Bonchev–Trinajstić information content (AvgIpc) is 2.52. The van der Waals surface area contributed by atoms with E-state index in [9.17, 15) is 13.2 Å². The number of hydrogen-bond acceptors (Lipinski definition) is 4. The van der Waals surface area contributed by atoms with Crippen molar-refractivity contribution in [3.05, 3.63) is 62.5 Å². The first-order chi connectivity index (χ1) is 11.6. The molecule has 0 atom stereocenters. The number of nitrogens with zero attached hydrogens (tertiary/aromatic N) is 3. The van der Waals surface area contributed by atoms with Crippen molar-refractivity contribution in [2.24, 2.45) is 0 Å². The molecule has 0 aliphatic carbocycles. The molecule has 1 aromatic heterocycles. The fraction of sp³-hybridized carbons (Fsp3) is 0.312. The molecule has 136 valence electrons. The molecule has 0 aliphatic rings. The summed E-state index contributed by atoms with van der Waals surface area (Å²) in [6, 6.07) is 7.89. The van der Waals surface area contributed by atoms with Gasteiger partial charge in [0, 0.05) is 32.9 Å². The lowest BCUT2D eigenvalue weighted by molar-refractivity contribution is 0.255. The summed E-state index contributed by atoms with van der Waals surface area (Å²) >= 11 is 11.9. The summed E-state index contributed by atoms with van der Waals surface area (Å²) in [7, 11) is 1.11. The molecule has 6 nitrogen and oxygen atoms in total. The van der Waals surface area contributed by atoms with Gasteiger partial charge in [-0.05, 0) is 30.8 Å². The fourth-order valence-electron chi connectivity index (χ4n) is 2.24. The summed E-state index contributed by atoms with van der Waals surface area (Å²) in [4.78, 5) is 14.0. The van der Waals surface area contributed by atoms with Crippen molar-refractivity contribution < 1.29 is 8.42 Å². The van der Waals surface area contributed by atoms with Crippen LogP contribution in [0.4, 0.5) is 0 Å². The molecule has 25 heavy (non-hydrogen) atoms. The van der Waals surface area contributed by atoms with E-state index in [1.165, 1.54) is 37.0 Å². The van der Waals surface area contributed by atoms with Crippen LogP contribution in [0.25, 0.3) is 0 Å². The topological polar surface area (TPSA) is 62.6 Å². The van der Waals surface area contributed by atoms with Crippen molar-refractivity contribution in [2.45, 2.75) is 18.1 Å². The zero-order valence-corrected chi connectivity index (χ0v) is 16.4. The molecule has 2 rings (SSSR count). The van der Waals surface area contributed by atoms with Crippen molar-refractivity contribution in [2.75, 3.05) is 21.1 Å². The largest absolute Gasteiger partial charge is 0.301 e. The fourth-order valence-corrected chi connectivity index (χ4v) is 3.49. The second kappa shape index (κ2) is 7.88. The van der Waals surface area contributed by atoms with Crippen molar-refractivity contribution in [3.63, 3.8) is 0 Å². The van der Waals surface area contributed by atoms with Crippen molar-refractivity contribution in [1.29, 1.82) is 0 Å². The molecule has 0 radical (unpaired) electrons. The van der Waals surface area contributed by atoms with Crippen LogP contribution in [0.15, 0.2) is 46.2 Å². The molecule has 0 amide bonds. The van der Waals surface area contributed by atoms with Gasteiger partial charge in [0.2, 0.25) is 10.0 Å². The van der Waals surface area contributed by atoms with E-state index in [2.05, 4.69) is 0 Å². The maximum absolute atomic E-state index is 12.2. The van der Waals surface area contributed by atoms with Crippen molar-refractivity contribution in [3.8, 4) is 0 Å². The predicted molar refractivity (Wildman–Crippen MR) is 99.5 cm³/mol. The Morgan fingerprint density at radius 1 is 1.04 bits per heavy atom. The van der Waals surface area contributed by atoms with E-state index in [0.29, 0.717) is 16.6 Å². The standard InChI is InChI=1S/C16H19Cl2N3O3S/c1-19(2)25(23,24)13-5-7-16(22)21(10-13)11-20(3)9-12-4-6-14(17)15(18)8-12/h4-8,10H,9,11H2,1-3H3.